The Morgan fingerprint density at radius 2 is 2.16 bits per heavy atom. The topological polar surface area (TPSA) is 79.3 Å². The zero-order chi connectivity index (χ0) is 14.0. The number of pyridine rings is 1. The Morgan fingerprint density at radius 3 is 2.74 bits per heavy atom. The molecule has 1 fully saturated rings. The molecular formula is C12H12Cl2N2O3. The summed E-state index contributed by atoms with van der Waals surface area (Å²) >= 11 is 11.6. The third-order valence-corrected chi connectivity index (χ3v) is 3.48. The summed E-state index contributed by atoms with van der Waals surface area (Å²) in [6, 6.07) is 0.997. The Labute approximate surface area is 119 Å². The minimum Gasteiger partial charge on any atom is -0.481 e. The van der Waals surface area contributed by atoms with Crippen molar-refractivity contribution in [2.75, 3.05) is 0 Å². The van der Waals surface area contributed by atoms with E-state index >= 15 is 0 Å². The number of nitrogens with one attached hydrogen (secondary N) is 1. The van der Waals surface area contributed by atoms with Gasteiger partial charge in [0, 0.05) is 12.2 Å². The highest BCUT2D eigenvalue weighted by Crippen LogP contribution is 2.34. The molecule has 1 aromatic heterocycles. The van der Waals surface area contributed by atoms with Crippen LogP contribution in [0.25, 0.3) is 0 Å². The van der Waals surface area contributed by atoms with Gasteiger partial charge in [-0.25, -0.2) is 4.98 Å². The third kappa shape index (κ3) is 3.81. The number of carboxylic acid groups (broad SMARTS) is 1. The highest BCUT2D eigenvalue weighted by molar-refractivity contribution is 6.35. The monoisotopic (exact) mass is 302 g/mol. The first-order valence-electron chi connectivity index (χ1n) is 5.81. The number of amides is 1. The van der Waals surface area contributed by atoms with Crippen LogP contribution < -0.4 is 5.32 Å². The number of nitrogens with zero attached hydrogens (tertiary/aromatic N) is 1. The normalized spacial score (nSPS) is 15.9. The molecule has 1 unspecified atom stereocenters. The first-order valence-corrected chi connectivity index (χ1v) is 6.56. The van der Waals surface area contributed by atoms with E-state index in [2.05, 4.69) is 10.3 Å². The average molecular weight is 303 g/mol. The molecule has 2 rings (SSSR count). The number of rotatable bonds is 5. The maximum atomic E-state index is 12.1. The molecule has 0 saturated heterocycles. The lowest BCUT2D eigenvalue weighted by Crippen LogP contribution is -2.38. The van der Waals surface area contributed by atoms with E-state index in [-0.39, 0.29) is 34.1 Å². The van der Waals surface area contributed by atoms with Gasteiger partial charge in [0.05, 0.1) is 17.0 Å². The van der Waals surface area contributed by atoms with E-state index in [1.54, 1.807) is 0 Å². The lowest BCUT2D eigenvalue weighted by molar-refractivity contribution is -0.137. The van der Waals surface area contributed by atoms with Crippen LogP contribution in [-0.4, -0.2) is 28.0 Å². The summed E-state index contributed by atoms with van der Waals surface area (Å²) in [6.07, 6.45) is 3.07. The second kappa shape index (κ2) is 5.75. The van der Waals surface area contributed by atoms with Crippen molar-refractivity contribution in [3.63, 3.8) is 0 Å². The van der Waals surface area contributed by atoms with Crippen molar-refractivity contribution < 1.29 is 14.7 Å². The van der Waals surface area contributed by atoms with E-state index in [1.807, 2.05) is 0 Å². The van der Waals surface area contributed by atoms with E-state index in [9.17, 15) is 9.59 Å². The Morgan fingerprint density at radius 1 is 1.47 bits per heavy atom. The van der Waals surface area contributed by atoms with Crippen LogP contribution in [-0.2, 0) is 4.79 Å². The van der Waals surface area contributed by atoms with Crippen LogP contribution >= 0.6 is 23.2 Å². The molecule has 1 atom stereocenters. The molecule has 5 nitrogen and oxygen atoms in total. The largest absolute Gasteiger partial charge is 0.481 e. The van der Waals surface area contributed by atoms with Crippen molar-refractivity contribution in [2.45, 2.75) is 25.3 Å². The first kappa shape index (κ1) is 14.1. The molecule has 2 N–H and O–H groups in total. The summed E-state index contributed by atoms with van der Waals surface area (Å²) in [5, 5.41) is 11.9. The SMILES string of the molecule is O=C(O)CC(NC(=O)c1cc(Cl)ncc1Cl)C1CC1. The number of halogens is 2. The van der Waals surface area contributed by atoms with Gasteiger partial charge in [0.1, 0.15) is 5.15 Å². The van der Waals surface area contributed by atoms with Crippen molar-refractivity contribution >= 4 is 35.1 Å². The number of aliphatic carboxylic acids is 1. The van der Waals surface area contributed by atoms with Crippen LogP contribution in [0.5, 0.6) is 0 Å². The van der Waals surface area contributed by atoms with Crippen molar-refractivity contribution in [1.29, 1.82) is 0 Å². The molecule has 102 valence electrons. The first-order chi connectivity index (χ1) is 8.97. The maximum absolute atomic E-state index is 12.1. The van der Waals surface area contributed by atoms with Gasteiger partial charge in [0.15, 0.2) is 0 Å². The van der Waals surface area contributed by atoms with Crippen LogP contribution in [0.2, 0.25) is 10.2 Å². The van der Waals surface area contributed by atoms with E-state index in [0.717, 1.165) is 12.8 Å². The zero-order valence-electron chi connectivity index (χ0n) is 9.90. The molecule has 0 aliphatic heterocycles. The Kier molecular flexibility index (Phi) is 4.27. The number of carbonyl (C=O) groups excluding carboxylic acids is 1. The highest BCUT2D eigenvalue weighted by Gasteiger charge is 2.34. The summed E-state index contributed by atoms with van der Waals surface area (Å²) in [4.78, 5) is 26.6. The molecule has 0 bridgehead atoms. The standard InChI is InChI=1S/C12H12Cl2N2O3/c13-8-5-15-10(14)3-7(8)12(19)16-9(4-11(17)18)6-1-2-6/h3,5-6,9H,1-2,4H2,(H,16,19)(H,17,18). The van der Waals surface area contributed by atoms with E-state index in [4.69, 9.17) is 28.3 Å². The van der Waals surface area contributed by atoms with Gasteiger partial charge in [-0.15, -0.1) is 0 Å². The molecule has 1 aliphatic carbocycles. The lowest BCUT2D eigenvalue weighted by Gasteiger charge is -2.16. The van der Waals surface area contributed by atoms with Gasteiger partial charge >= 0.3 is 5.97 Å². The zero-order valence-corrected chi connectivity index (χ0v) is 11.4. The highest BCUT2D eigenvalue weighted by atomic mass is 35.5. The molecule has 1 amide bonds. The Hall–Kier alpha value is -1.33. The van der Waals surface area contributed by atoms with Gasteiger partial charge in [-0.3, -0.25) is 9.59 Å². The fourth-order valence-corrected chi connectivity index (χ4v) is 2.20. The summed E-state index contributed by atoms with van der Waals surface area (Å²) in [7, 11) is 0. The van der Waals surface area contributed by atoms with E-state index in [0.29, 0.717) is 0 Å². The molecule has 0 spiro atoms. The molecule has 1 heterocycles. The quantitative estimate of drug-likeness (QED) is 0.818. The van der Waals surface area contributed by atoms with Gasteiger partial charge in [0.25, 0.3) is 5.91 Å². The second-order valence-electron chi connectivity index (χ2n) is 4.50. The van der Waals surface area contributed by atoms with Crippen LogP contribution in [0.1, 0.15) is 29.6 Å². The summed E-state index contributed by atoms with van der Waals surface area (Å²) in [6.45, 7) is 0. The van der Waals surface area contributed by atoms with Gasteiger partial charge in [-0.05, 0) is 24.8 Å². The third-order valence-electron chi connectivity index (χ3n) is 2.97. The smallest absolute Gasteiger partial charge is 0.305 e. The number of carboxylic acids is 1. The lowest BCUT2D eigenvalue weighted by atomic mass is 10.1. The summed E-state index contributed by atoms with van der Waals surface area (Å²) in [5.74, 6) is -1.13. The molecule has 7 heteroatoms. The molecule has 1 aromatic rings. The predicted octanol–water partition coefficient (Wildman–Crippen LogP) is 2.37. The van der Waals surface area contributed by atoms with E-state index in [1.165, 1.54) is 12.3 Å². The van der Waals surface area contributed by atoms with Crippen molar-refractivity contribution in [2.24, 2.45) is 5.92 Å². The van der Waals surface area contributed by atoms with Crippen molar-refractivity contribution in [1.82, 2.24) is 10.3 Å². The van der Waals surface area contributed by atoms with Crippen LogP contribution in [0.3, 0.4) is 0 Å². The molecule has 1 saturated carbocycles. The minimum atomic E-state index is -0.934. The number of aromatic nitrogens is 1. The predicted molar refractivity (Wildman–Crippen MR) is 70.5 cm³/mol. The van der Waals surface area contributed by atoms with Crippen molar-refractivity contribution in [3.8, 4) is 0 Å². The molecule has 19 heavy (non-hydrogen) atoms. The van der Waals surface area contributed by atoms with Crippen molar-refractivity contribution in [3.05, 3.63) is 28.0 Å². The second-order valence-corrected chi connectivity index (χ2v) is 5.30. The number of carbonyl (C=O) groups is 2. The fraction of sp³-hybridized carbons (Fsp3) is 0.417. The average Bonchev–Trinajstić information content (AvgIpc) is 3.14. The van der Waals surface area contributed by atoms with Gasteiger partial charge < -0.3 is 10.4 Å². The summed E-state index contributed by atoms with van der Waals surface area (Å²) in [5.41, 5.74) is 0.206. The number of hydrogen-bond donors (Lipinski definition) is 2. The Bertz CT molecular complexity index is 518. The number of hydrogen-bond acceptors (Lipinski definition) is 3. The van der Waals surface area contributed by atoms with Gasteiger partial charge in [-0.2, -0.15) is 0 Å². The maximum Gasteiger partial charge on any atom is 0.305 e. The van der Waals surface area contributed by atoms with E-state index < -0.39 is 11.9 Å². The van der Waals surface area contributed by atoms with Gasteiger partial charge in [0.2, 0.25) is 0 Å². The van der Waals surface area contributed by atoms with Crippen LogP contribution in [0.4, 0.5) is 0 Å². The molecular weight excluding hydrogens is 291 g/mol. The molecule has 0 radical (unpaired) electrons. The van der Waals surface area contributed by atoms with Crippen LogP contribution in [0, 0.1) is 5.92 Å². The summed E-state index contributed by atoms with van der Waals surface area (Å²) < 4.78 is 0. The minimum absolute atomic E-state index is 0.0904. The molecule has 1 aliphatic rings. The Balaban J connectivity index is 2.10. The molecule has 0 aromatic carbocycles. The van der Waals surface area contributed by atoms with Crippen LogP contribution in [0.15, 0.2) is 12.3 Å². The van der Waals surface area contributed by atoms with Gasteiger partial charge in [-0.1, -0.05) is 23.2 Å². The fourth-order valence-electron chi connectivity index (χ4n) is 1.86.